The fraction of sp³-hybridized carbons (Fsp3) is 0.125. The molecular formula is C56H46N4O11. The first-order chi connectivity index (χ1) is 34.4. The predicted octanol–water partition coefficient (Wildman–Crippen LogP) is 13.5. The molecule has 0 bridgehead atoms. The highest BCUT2D eigenvalue weighted by Crippen LogP contribution is 2.49. The van der Waals surface area contributed by atoms with Crippen LogP contribution in [-0.2, 0) is 20.7 Å². The van der Waals surface area contributed by atoms with Crippen LogP contribution in [-0.4, -0.2) is 29.0 Å². The highest BCUT2D eigenvalue weighted by Gasteiger charge is 2.32. The summed E-state index contributed by atoms with van der Waals surface area (Å²) in [6.45, 7) is 3.33. The lowest BCUT2D eigenvalue weighted by Gasteiger charge is -2.15. The van der Waals surface area contributed by atoms with Crippen LogP contribution in [0.25, 0.3) is 22.3 Å². The van der Waals surface area contributed by atoms with E-state index in [9.17, 15) is 25.0 Å². The molecule has 2 aliphatic carbocycles. The Bertz CT molecular complexity index is 3020. The van der Waals surface area contributed by atoms with E-state index in [0.29, 0.717) is 23.0 Å². The van der Waals surface area contributed by atoms with Crippen molar-refractivity contribution in [2.24, 2.45) is 0 Å². The Hall–Kier alpha value is -9.21. The molecule has 15 nitrogen and oxygen atoms in total. The highest BCUT2D eigenvalue weighted by molar-refractivity contribution is 5.81. The molecule has 1 heterocycles. The van der Waals surface area contributed by atoms with Gasteiger partial charge in [0.25, 0.3) is 11.4 Å². The van der Waals surface area contributed by atoms with Gasteiger partial charge in [-0.15, -0.1) is 0 Å². The lowest BCUT2D eigenvalue weighted by Crippen LogP contribution is -2.07. The molecular weight excluding hydrogens is 905 g/mol. The fourth-order valence-electron chi connectivity index (χ4n) is 8.28. The van der Waals surface area contributed by atoms with E-state index in [1.54, 1.807) is 24.3 Å². The van der Waals surface area contributed by atoms with E-state index in [2.05, 4.69) is 24.3 Å². The molecule has 0 atom stereocenters. The second kappa shape index (κ2) is 21.0. The van der Waals surface area contributed by atoms with Gasteiger partial charge in [0.15, 0.2) is 6.10 Å². The molecule has 3 aliphatic rings. The number of benzene rings is 8. The Morgan fingerprint density at radius 1 is 0.479 bits per heavy atom. The molecule has 0 aromatic heterocycles. The number of nitrogen functional groups attached to an aromatic ring is 2. The molecule has 0 amide bonds. The standard InChI is InChI=1S/C27H18N2O8.C25H20N2O2.C4H8O/c1-16(30)35-27-25-14-21(36-19-6-2-17(3-7-19)28(31)32)10-12-23(25)24-13-11-22(15-26(24)27)37-20-8-4-18(5-9-20)29(33)34;26-18-1-5-20(6-2-18)28-22-9-11-24-16(14-22)13-17-15-23(10-12-25(17)24)29-21-7-3-19(27)4-8-21;1-2-4-5-3-1/h2-15,27H,1H3;1-12,14-15H,13,26-27H2;1-4H2. The summed E-state index contributed by atoms with van der Waals surface area (Å²) in [6.07, 6.45) is 2.70. The number of hydrogen-bond acceptors (Lipinski definition) is 13. The van der Waals surface area contributed by atoms with Crippen molar-refractivity contribution in [3.8, 4) is 68.2 Å². The smallest absolute Gasteiger partial charge is 0.303 e. The van der Waals surface area contributed by atoms with Crippen molar-refractivity contribution in [1.29, 1.82) is 0 Å². The first-order valence-electron chi connectivity index (χ1n) is 22.6. The number of carbonyl (C=O) groups excluding carboxylic acids is 1. The van der Waals surface area contributed by atoms with Gasteiger partial charge < -0.3 is 39.9 Å². The van der Waals surface area contributed by atoms with Crippen molar-refractivity contribution in [3.05, 3.63) is 212 Å². The summed E-state index contributed by atoms with van der Waals surface area (Å²) < 4.78 is 34.3. The first kappa shape index (κ1) is 46.9. The number of esters is 1. The Labute approximate surface area is 408 Å². The van der Waals surface area contributed by atoms with Crippen LogP contribution >= 0.6 is 0 Å². The summed E-state index contributed by atoms with van der Waals surface area (Å²) in [5, 5.41) is 21.8. The maximum Gasteiger partial charge on any atom is 0.303 e. The molecule has 0 spiro atoms. The van der Waals surface area contributed by atoms with Gasteiger partial charge in [-0.1, -0.05) is 24.3 Å². The van der Waals surface area contributed by atoms with Crippen LogP contribution in [0.1, 0.15) is 48.1 Å². The maximum atomic E-state index is 12.0. The fourth-order valence-corrected chi connectivity index (χ4v) is 8.28. The minimum Gasteiger partial charge on any atom is -0.457 e. The molecule has 1 saturated heterocycles. The number of hydrogen-bond donors (Lipinski definition) is 2. The molecule has 11 rings (SSSR count). The Morgan fingerprint density at radius 2 is 0.803 bits per heavy atom. The molecule has 1 fully saturated rings. The Kier molecular flexibility index (Phi) is 13.8. The molecule has 15 heteroatoms. The lowest BCUT2D eigenvalue weighted by atomic mass is 10.1. The van der Waals surface area contributed by atoms with E-state index in [1.807, 2.05) is 72.8 Å². The van der Waals surface area contributed by atoms with Crippen molar-refractivity contribution in [1.82, 2.24) is 0 Å². The van der Waals surface area contributed by atoms with Gasteiger partial charge in [-0.3, -0.25) is 25.0 Å². The van der Waals surface area contributed by atoms with Crippen molar-refractivity contribution in [2.75, 3.05) is 24.7 Å². The van der Waals surface area contributed by atoms with Gasteiger partial charge in [0, 0.05) is 66.9 Å². The van der Waals surface area contributed by atoms with Crippen molar-refractivity contribution in [3.63, 3.8) is 0 Å². The third-order valence-corrected chi connectivity index (χ3v) is 11.6. The first-order valence-corrected chi connectivity index (χ1v) is 22.6. The van der Waals surface area contributed by atoms with Gasteiger partial charge in [-0.25, -0.2) is 0 Å². The third-order valence-electron chi connectivity index (χ3n) is 11.6. The van der Waals surface area contributed by atoms with Gasteiger partial charge in [0.2, 0.25) is 0 Å². The van der Waals surface area contributed by atoms with Crippen LogP contribution in [0.5, 0.6) is 46.0 Å². The number of ether oxygens (including phenoxy) is 6. The summed E-state index contributed by atoms with van der Waals surface area (Å²) in [5.41, 5.74) is 21.0. The number of fused-ring (bicyclic) bond motifs is 6. The van der Waals surface area contributed by atoms with Crippen molar-refractivity contribution in [2.45, 2.75) is 32.3 Å². The number of nitro benzene ring substituents is 2. The van der Waals surface area contributed by atoms with E-state index >= 15 is 0 Å². The molecule has 4 N–H and O–H groups in total. The number of carbonyl (C=O) groups is 1. The summed E-state index contributed by atoms with van der Waals surface area (Å²) in [7, 11) is 0. The average molecular weight is 951 g/mol. The molecule has 0 unspecified atom stereocenters. The second-order valence-corrected chi connectivity index (χ2v) is 16.7. The van der Waals surface area contributed by atoms with Gasteiger partial charge in [-0.05, 0) is 174 Å². The summed E-state index contributed by atoms with van der Waals surface area (Å²) >= 11 is 0. The zero-order valence-electron chi connectivity index (χ0n) is 38.3. The van der Waals surface area contributed by atoms with Gasteiger partial charge in [0.05, 0.1) is 9.85 Å². The van der Waals surface area contributed by atoms with Crippen LogP contribution in [0.4, 0.5) is 22.7 Å². The van der Waals surface area contributed by atoms with Gasteiger partial charge in [-0.2, -0.15) is 0 Å². The van der Waals surface area contributed by atoms with Crippen molar-refractivity contribution < 1.29 is 43.1 Å². The number of nitrogens with two attached hydrogens (primary N) is 2. The predicted molar refractivity (Wildman–Crippen MR) is 268 cm³/mol. The quantitative estimate of drug-likeness (QED) is 0.0535. The number of nitrogens with zero attached hydrogens (tertiary/aromatic N) is 2. The number of non-ortho nitro benzene ring substituents is 2. The van der Waals surface area contributed by atoms with Crippen LogP contribution < -0.4 is 30.4 Å². The molecule has 8 aromatic carbocycles. The molecule has 0 saturated carbocycles. The Balaban J connectivity index is 0.000000163. The second-order valence-electron chi connectivity index (χ2n) is 16.7. The van der Waals surface area contributed by atoms with E-state index < -0.39 is 21.9 Å². The van der Waals surface area contributed by atoms with E-state index in [4.69, 9.17) is 39.9 Å². The highest BCUT2D eigenvalue weighted by atomic mass is 16.6. The van der Waals surface area contributed by atoms with Crippen molar-refractivity contribution >= 4 is 28.7 Å². The number of anilines is 2. The zero-order valence-corrected chi connectivity index (χ0v) is 38.3. The summed E-state index contributed by atoms with van der Waals surface area (Å²) in [6, 6.07) is 49.5. The zero-order chi connectivity index (χ0) is 49.4. The normalized spacial score (nSPS) is 12.6. The SMILES string of the molecule is C1CCOC1.CC(=O)OC1c2cc(Oc3ccc([N+](=O)[O-])cc3)ccc2-c2ccc(Oc3ccc([N+](=O)[O-])cc3)cc21.Nc1ccc(Oc2ccc3c(c2)Cc2cc(Oc4ccc(N)cc4)ccc2-3)cc1. The Morgan fingerprint density at radius 3 is 1.13 bits per heavy atom. The van der Waals surface area contributed by atoms with E-state index in [0.717, 1.165) is 76.3 Å². The van der Waals surface area contributed by atoms with Gasteiger partial charge >= 0.3 is 5.97 Å². The summed E-state index contributed by atoms with van der Waals surface area (Å²) in [5.74, 6) is 4.50. The monoisotopic (exact) mass is 950 g/mol. The molecule has 356 valence electrons. The maximum absolute atomic E-state index is 12.0. The molecule has 71 heavy (non-hydrogen) atoms. The van der Waals surface area contributed by atoms with Gasteiger partial charge in [0.1, 0.15) is 46.0 Å². The number of rotatable bonds is 11. The lowest BCUT2D eigenvalue weighted by molar-refractivity contribution is -0.385. The van der Waals surface area contributed by atoms with Crippen LogP contribution in [0.15, 0.2) is 170 Å². The van der Waals surface area contributed by atoms with E-state index in [1.165, 1.54) is 90.6 Å². The van der Waals surface area contributed by atoms with E-state index in [-0.39, 0.29) is 11.4 Å². The van der Waals surface area contributed by atoms with Crippen LogP contribution in [0.3, 0.4) is 0 Å². The molecule has 1 aliphatic heterocycles. The summed E-state index contributed by atoms with van der Waals surface area (Å²) in [4.78, 5) is 32.7. The minimum absolute atomic E-state index is 0.0431. The third kappa shape index (κ3) is 11.4. The largest absolute Gasteiger partial charge is 0.457 e. The number of nitro groups is 2. The minimum atomic E-state index is -0.705. The topological polar surface area (TPSA) is 211 Å². The van der Waals surface area contributed by atoms with Crippen LogP contribution in [0.2, 0.25) is 0 Å². The molecule has 8 aromatic rings. The average Bonchev–Trinajstić information content (AvgIpc) is 4.13. The van der Waals surface area contributed by atoms with Crippen LogP contribution in [0, 0.1) is 20.2 Å². The molecule has 0 radical (unpaired) electrons.